The van der Waals surface area contributed by atoms with Crippen molar-refractivity contribution in [2.45, 2.75) is 19.8 Å². The van der Waals surface area contributed by atoms with E-state index in [1.807, 2.05) is 6.08 Å². The third kappa shape index (κ3) is 3.45. The largest absolute Gasteiger partial charge is 0.357 e. The van der Waals surface area contributed by atoms with Crippen LogP contribution in [0.2, 0.25) is 0 Å². The van der Waals surface area contributed by atoms with E-state index < -0.39 is 0 Å². The first-order valence-electron chi connectivity index (χ1n) is 6.16. The molecule has 0 aliphatic carbocycles. The fourth-order valence-corrected chi connectivity index (χ4v) is 3.86. The Morgan fingerprint density at radius 1 is 0.889 bits per heavy atom. The number of hydrogen-bond acceptors (Lipinski definition) is 0. The Balaban J connectivity index is 2.10. The van der Waals surface area contributed by atoms with E-state index in [2.05, 4.69) is 69.0 Å². The van der Waals surface area contributed by atoms with Gasteiger partial charge in [-0.2, -0.15) is 0 Å². The lowest BCUT2D eigenvalue weighted by Crippen LogP contribution is -3.61. The van der Waals surface area contributed by atoms with Gasteiger partial charge in [0.15, 0.2) is 7.14 Å². The van der Waals surface area contributed by atoms with Gasteiger partial charge in [0.05, 0.1) is 0 Å². The van der Waals surface area contributed by atoms with Gasteiger partial charge in [0, 0.05) is 0 Å². The number of rotatable bonds is 4. The molecule has 0 aliphatic heterocycles. The molecular formula is C17H18I+. The second-order valence-corrected chi connectivity index (χ2v) is 7.59. The molecule has 1 heteroatoms. The fraction of sp³-hybridized carbons (Fsp3) is 0.176. The molecule has 0 N–H and O–H groups in total. The summed E-state index contributed by atoms with van der Waals surface area (Å²) in [6, 6.07) is 17.8. The van der Waals surface area contributed by atoms with E-state index in [0.717, 1.165) is 0 Å². The monoisotopic (exact) mass is 349 g/mol. The smallest absolute Gasteiger partial charge is 0.0985 e. The summed E-state index contributed by atoms with van der Waals surface area (Å²) in [5, 5.41) is 0. The fourth-order valence-electron chi connectivity index (χ4n) is 1.70. The normalized spacial score (nSPS) is 10.6. The summed E-state index contributed by atoms with van der Waals surface area (Å²) < 4.78 is 2.93. The molecule has 0 nitrogen and oxygen atoms in total. The molecule has 0 amide bonds. The number of benzene rings is 2. The Morgan fingerprint density at radius 2 is 1.39 bits per heavy atom. The second kappa shape index (κ2) is 6.19. The minimum atomic E-state index is -0.0563. The number of hydrogen-bond donors (Lipinski definition) is 0. The summed E-state index contributed by atoms with van der Waals surface area (Å²) >= 11 is -0.0563. The maximum atomic E-state index is 3.78. The van der Waals surface area contributed by atoms with Crippen molar-refractivity contribution in [2.24, 2.45) is 0 Å². The predicted molar refractivity (Wildman–Crippen MR) is 74.5 cm³/mol. The molecule has 0 radical (unpaired) electrons. The van der Waals surface area contributed by atoms with Crippen LogP contribution in [-0.2, 0) is 0 Å². The van der Waals surface area contributed by atoms with Crippen molar-refractivity contribution < 1.29 is 21.2 Å². The van der Waals surface area contributed by atoms with Crippen molar-refractivity contribution in [1.29, 1.82) is 0 Å². The molecule has 0 saturated heterocycles. The van der Waals surface area contributed by atoms with E-state index in [9.17, 15) is 0 Å². The molecule has 18 heavy (non-hydrogen) atoms. The van der Waals surface area contributed by atoms with Crippen LogP contribution in [0.15, 0.2) is 55.1 Å². The van der Waals surface area contributed by atoms with Crippen LogP contribution in [0.3, 0.4) is 0 Å². The Morgan fingerprint density at radius 3 is 1.83 bits per heavy atom. The van der Waals surface area contributed by atoms with Gasteiger partial charge in [0.1, 0.15) is 0 Å². The summed E-state index contributed by atoms with van der Waals surface area (Å²) in [7, 11) is 0. The highest BCUT2D eigenvalue weighted by atomic mass is 127. The van der Waals surface area contributed by atoms with Gasteiger partial charge in [0.25, 0.3) is 0 Å². The molecule has 0 spiro atoms. The molecule has 0 fully saturated rings. The van der Waals surface area contributed by atoms with E-state index in [1.165, 1.54) is 18.3 Å². The zero-order chi connectivity index (χ0) is 13.0. The summed E-state index contributed by atoms with van der Waals surface area (Å²) in [6.07, 6.45) is 1.89. The summed E-state index contributed by atoms with van der Waals surface area (Å²) in [6.45, 7) is 8.25. The zero-order valence-corrected chi connectivity index (χ0v) is 13.0. The Labute approximate surface area is 120 Å². The Bertz CT molecular complexity index is 506. The van der Waals surface area contributed by atoms with Gasteiger partial charge in [0.2, 0.25) is 0 Å². The minimum Gasteiger partial charge on any atom is -0.0985 e. The SMILES string of the molecule is C=Cc1ccc([I+]c2ccc(C(C)C)cc2)cc1. The second-order valence-electron chi connectivity index (χ2n) is 4.56. The van der Waals surface area contributed by atoms with Gasteiger partial charge >= 0.3 is 21.2 Å². The number of halogens is 1. The van der Waals surface area contributed by atoms with Gasteiger partial charge in [-0.15, -0.1) is 0 Å². The van der Waals surface area contributed by atoms with Crippen LogP contribution >= 0.6 is 0 Å². The van der Waals surface area contributed by atoms with Crippen LogP contribution < -0.4 is 21.2 Å². The standard InChI is InChI=1S/C17H18I/c1-4-14-5-9-16(10-6-14)18-17-11-7-15(8-12-17)13(2)3/h4-13H,1H2,2-3H3/q+1. The van der Waals surface area contributed by atoms with Crippen molar-refractivity contribution in [1.82, 2.24) is 0 Å². The molecule has 0 atom stereocenters. The van der Waals surface area contributed by atoms with Crippen molar-refractivity contribution in [3.05, 3.63) is 73.4 Å². The molecule has 0 unspecified atom stereocenters. The first-order valence-corrected chi connectivity index (χ1v) is 8.32. The molecule has 0 saturated carbocycles. The van der Waals surface area contributed by atoms with Crippen LogP contribution in [0.25, 0.3) is 6.08 Å². The molecule has 0 aliphatic rings. The van der Waals surface area contributed by atoms with E-state index >= 15 is 0 Å². The predicted octanol–water partition coefficient (Wildman–Crippen LogP) is 1.58. The van der Waals surface area contributed by atoms with Crippen molar-refractivity contribution in [3.8, 4) is 0 Å². The van der Waals surface area contributed by atoms with Gasteiger partial charge < -0.3 is 0 Å². The third-order valence-electron chi connectivity index (χ3n) is 2.86. The van der Waals surface area contributed by atoms with Crippen molar-refractivity contribution in [2.75, 3.05) is 0 Å². The van der Waals surface area contributed by atoms with Gasteiger partial charge in [-0.25, -0.2) is 0 Å². The first-order chi connectivity index (χ1) is 8.69. The summed E-state index contributed by atoms with van der Waals surface area (Å²) in [4.78, 5) is 0. The lowest BCUT2D eigenvalue weighted by Gasteiger charge is -2.02. The highest BCUT2D eigenvalue weighted by Crippen LogP contribution is 2.12. The van der Waals surface area contributed by atoms with Gasteiger partial charge in [-0.1, -0.05) is 50.8 Å². The van der Waals surface area contributed by atoms with Crippen LogP contribution in [0, 0.1) is 7.14 Å². The van der Waals surface area contributed by atoms with E-state index in [4.69, 9.17) is 0 Å². The molecular weight excluding hydrogens is 331 g/mol. The molecule has 0 heterocycles. The molecule has 2 rings (SSSR count). The van der Waals surface area contributed by atoms with Crippen LogP contribution in [-0.4, -0.2) is 0 Å². The van der Waals surface area contributed by atoms with Gasteiger partial charge in [-0.3, -0.25) is 0 Å². The first kappa shape index (κ1) is 13.3. The maximum Gasteiger partial charge on any atom is 0.357 e. The van der Waals surface area contributed by atoms with Crippen molar-refractivity contribution in [3.63, 3.8) is 0 Å². The van der Waals surface area contributed by atoms with Gasteiger partial charge in [-0.05, 0) is 41.3 Å². The minimum absolute atomic E-state index is 0.0563. The van der Waals surface area contributed by atoms with Crippen LogP contribution in [0.5, 0.6) is 0 Å². The van der Waals surface area contributed by atoms with Crippen molar-refractivity contribution >= 4 is 6.08 Å². The lowest BCUT2D eigenvalue weighted by atomic mass is 10.0. The molecule has 0 bridgehead atoms. The zero-order valence-electron chi connectivity index (χ0n) is 10.9. The van der Waals surface area contributed by atoms with Crippen LogP contribution in [0.1, 0.15) is 30.9 Å². The molecule has 2 aromatic rings. The summed E-state index contributed by atoms with van der Waals surface area (Å²) in [5.41, 5.74) is 2.61. The van der Waals surface area contributed by atoms with E-state index in [1.54, 1.807) is 0 Å². The van der Waals surface area contributed by atoms with E-state index in [-0.39, 0.29) is 21.2 Å². The highest BCUT2D eigenvalue weighted by Gasteiger charge is 2.15. The molecule has 2 aromatic carbocycles. The Kier molecular flexibility index (Phi) is 4.59. The Hall–Kier alpha value is -1.09. The van der Waals surface area contributed by atoms with E-state index in [0.29, 0.717) is 5.92 Å². The lowest BCUT2D eigenvalue weighted by molar-refractivity contribution is -0.597. The molecule has 92 valence electrons. The summed E-state index contributed by atoms with van der Waals surface area (Å²) in [5.74, 6) is 0.615. The average molecular weight is 349 g/mol. The highest BCUT2D eigenvalue weighted by molar-refractivity contribution is 5.45. The maximum absolute atomic E-state index is 3.78. The quantitative estimate of drug-likeness (QED) is 0.736. The topological polar surface area (TPSA) is 0 Å². The van der Waals surface area contributed by atoms with Crippen LogP contribution in [0.4, 0.5) is 0 Å². The molecule has 0 aromatic heterocycles. The third-order valence-corrected chi connectivity index (χ3v) is 5.54. The average Bonchev–Trinajstić information content (AvgIpc) is 2.40.